The molecule has 0 heterocycles. The number of benzene rings is 1. The zero-order valence-electron chi connectivity index (χ0n) is 12.5. The van der Waals surface area contributed by atoms with Crippen LogP contribution in [0.5, 0.6) is 0 Å². The fourth-order valence-electron chi connectivity index (χ4n) is 1.80. The van der Waals surface area contributed by atoms with E-state index < -0.39 is 5.82 Å². The molecule has 0 aliphatic rings. The molecule has 1 rings (SSSR count). The third kappa shape index (κ3) is 6.03. The van der Waals surface area contributed by atoms with Gasteiger partial charge in [0, 0.05) is 31.2 Å². The minimum Gasteiger partial charge on any atom is -0.380 e. The molecular weight excluding hydrogens is 293 g/mol. The predicted molar refractivity (Wildman–Crippen MR) is 82.5 cm³/mol. The van der Waals surface area contributed by atoms with Crippen molar-refractivity contribution in [1.82, 2.24) is 4.90 Å². The van der Waals surface area contributed by atoms with Crippen LogP contribution in [-0.2, 0) is 9.47 Å². The van der Waals surface area contributed by atoms with Gasteiger partial charge >= 0.3 is 0 Å². The van der Waals surface area contributed by atoms with E-state index in [0.717, 1.165) is 0 Å². The van der Waals surface area contributed by atoms with Crippen LogP contribution < -0.4 is 0 Å². The Balaban J connectivity index is 2.79. The summed E-state index contributed by atoms with van der Waals surface area (Å²) in [6, 6.07) is 4.20. The first-order valence-electron chi connectivity index (χ1n) is 7.03. The molecule has 0 spiro atoms. The highest BCUT2D eigenvalue weighted by Crippen LogP contribution is 2.15. The minimum absolute atomic E-state index is 0.0236. The zero-order chi connectivity index (χ0) is 15.7. The second-order valence-corrected chi connectivity index (χ2v) is 4.87. The van der Waals surface area contributed by atoms with Crippen molar-refractivity contribution in [3.8, 4) is 0 Å². The maximum absolute atomic E-state index is 13.8. The van der Waals surface area contributed by atoms with Gasteiger partial charge in [0.2, 0.25) is 0 Å². The first kappa shape index (κ1) is 17.9. The van der Waals surface area contributed by atoms with Gasteiger partial charge in [-0.1, -0.05) is 0 Å². The van der Waals surface area contributed by atoms with E-state index in [2.05, 4.69) is 12.6 Å². The van der Waals surface area contributed by atoms with E-state index in [1.807, 2.05) is 13.8 Å². The predicted octanol–water partition coefficient (Wildman–Crippen LogP) is 2.63. The van der Waals surface area contributed by atoms with Crippen LogP contribution in [0.15, 0.2) is 23.1 Å². The van der Waals surface area contributed by atoms with Gasteiger partial charge in [0.05, 0.1) is 18.8 Å². The molecule has 0 N–H and O–H groups in total. The maximum Gasteiger partial charge on any atom is 0.257 e. The standard InChI is InChI=1S/C15H22FNO3S/c1-3-19-9-7-17(8-10-20-4-2)15(18)13-11-12(21)5-6-14(13)16/h5-6,11,21H,3-4,7-10H2,1-2H3. The Labute approximate surface area is 130 Å². The molecule has 0 bridgehead atoms. The molecule has 1 aromatic rings. The highest BCUT2D eigenvalue weighted by Gasteiger charge is 2.19. The third-order valence-corrected chi connectivity index (χ3v) is 3.17. The molecule has 0 radical (unpaired) electrons. The topological polar surface area (TPSA) is 38.8 Å². The summed E-state index contributed by atoms with van der Waals surface area (Å²) in [7, 11) is 0. The van der Waals surface area contributed by atoms with Crippen LogP contribution in [-0.4, -0.2) is 50.3 Å². The summed E-state index contributed by atoms with van der Waals surface area (Å²) in [5, 5.41) is 0. The normalized spacial score (nSPS) is 10.7. The van der Waals surface area contributed by atoms with E-state index in [1.54, 1.807) is 0 Å². The molecule has 0 aliphatic heterocycles. The molecule has 0 unspecified atom stereocenters. The first-order chi connectivity index (χ1) is 10.1. The van der Waals surface area contributed by atoms with E-state index in [0.29, 0.717) is 44.4 Å². The van der Waals surface area contributed by atoms with Crippen LogP contribution in [0.3, 0.4) is 0 Å². The van der Waals surface area contributed by atoms with Crippen molar-refractivity contribution in [3.05, 3.63) is 29.6 Å². The Bertz CT molecular complexity index is 447. The molecule has 1 aromatic carbocycles. The summed E-state index contributed by atoms with van der Waals surface area (Å²) in [5.41, 5.74) is 0.0236. The second kappa shape index (κ2) is 9.76. The summed E-state index contributed by atoms with van der Waals surface area (Å²) in [5.74, 6) is -0.918. The van der Waals surface area contributed by atoms with Gasteiger partial charge in [-0.25, -0.2) is 4.39 Å². The molecule has 0 aliphatic carbocycles. The fourth-order valence-corrected chi connectivity index (χ4v) is 2.00. The van der Waals surface area contributed by atoms with E-state index in [-0.39, 0.29) is 11.5 Å². The van der Waals surface area contributed by atoms with E-state index >= 15 is 0 Å². The van der Waals surface area contributed by atoms with Crippen LogP contribution in [0, 0.1) is 5.82 Å². The fraction of sp³-hybridized carbons (Fsp3) is 0.533. The molecule has 0 saturated heterocycles. The molecular formula is C15H22FNO3S. The Morgan fingerprint density at radius 2 is 1.76 bits per heavy atom. The minimum atomic E-state index is -0.546. The van der Waals surface area contributed by atoms with Gasteiger partial charge in [0.25, 0.3) is 5.91 Å². The average Bonchev–Trinajstić information content (AvgIpc) is 2.48. The molecule has 0 fully saturated rings. The lowest BCUT2D eigenvalue weighted by Gasteiger charge is -2.23. The van der Waals surface area contributed by atoms with Gasteiger partial charge in [0.1, 0.15) is 5.82 Å². The molecule has 0 aromatic heterocycles. The van der Waals surface area contributed by atoms with Gasteiger partial charge in [-0.2, -0.15) is 0 Å². The largest absolute Gasteiger partial charge is 0.380 e. The third-order valence-electron chi connectivity index (χ3n) is 2.89. The molecule has 21 heavy (non-hydrogen) atoms. The summed E-state index contributed by atoms with van der Waals surface area (Å²) < 4.78 is 24.3. The van der Waals surface area contributed by atoms with Gasteiger partial charge in [0.15, 0.2) is 0 Å². The summed E-state index contributed by atoms with van der Waals surface area (Å²) in [4.78, 5) is 14.5. The molecule has 4 nitrogen and oxygen atoms in total. The van der Waals surface area contributed by atoms with E-state index in [1.165, 1.54) is 23.1 Å². The van der Waals surface area contributed by atoms with Crippen LogP contribution in [0.25, 0.3) is 0 Å². The van der Waals surface area contributed by atoms with Crippen molar-refractivity contribution in [1.29, 1.82) is 0 Å². The SMILES string of the molecule is CCOCCN(CCOCC)C(=O)c1cc(S)ccc1F. The maximum atomic E-state index is 13.8. The van der Waals surface area contributed by atoms with Gasteiger partial charge in [-0.05, 0) is 32.0 Å². The van der Waals surface area contributed by atoms with Gasteiger partial charge in [-0.3, -0.25) is 4.79 Å². The van der Waals surface area contributed by atoms with Gasteiger partial charge < -0.3 is 14.4 Å². The zero-order valence-corrected chi connectivity index (χ0v) is 13.4. The van der Waals surface area contributed by atoms with E-state index in [9.17, 15) is 9.18 Å². The quantitative estimate of drug-likeness (QED) is 0.562. The van der Waals surface area contributed by atoms with Crippen molar-refractivity contribution >= 4 is 18.5 Å². The second-order valence-electron chi connectivity index (χ2n) is 4.35. The molecule has 0 saturated carbocycles. The van der Waals surface area contributed by atoms with Crippen LogP contribution in [0.1, 0.15) is 24.2 Å². The smallest absolute Gasteiger partial charge is 0.257 e. The number of halogens is 1. The highest BCUT2D eigenvalue weighted by atomic mass is 32.1. The monoisotopic (exact) mass is 315 g/mol. The Morgan fingerprint density at radius 1 is 1.19 bits per heavy atom. The Hall–Kier alpha value is -1.11. The summed E-state index contributed by atoms with van der Waals surface area (Å²) in [6.45, 7) is 6.55. The molecule has 118 valence electrons. The number of nitrogens with zero attached hydrogens (tertiary/aromatic N) is 1. The van der Waals surface area contributed by atoms with Crippen LogP contribution >= 0.6 is 12.6 Å². The van der Waals surface area contributed by atoms with Crippen molar-refractivity contribution in [2.75, 3.05) is 39.5 Å². The average molecular weight is 315 g/mol. The molecule has 6 heteroatoms. The van der Waals surface area contributed by atoms with E-state index in [4.69, 9.17) is 9.47 Å². The van der Waals surface area contributed by atoms with Crippen molar-refractivity contribution < 1.29 is 18.7 Å². The van der Waals surface area contributed by atoms with Crippen molar-refractivity contribution in [2.24, 2.45) is 0 Å². The van der Waals surface area contributed by atoms with Crippen LogP contribution in [0.2, 0.25) is 0 Å². The van der Waals surface area contributed by atoms with Crippen molar-refractivity contribution in [3.63, 3.8) is 0 Å². The molecule has 0 atom stereocenters. The molecule has 1 amide bonds. The number of hydrogen-bond acceptors (Lipinski definition) is 4. The lowest BCUT2D eigenvalue weighted by Crippen LogP contribution is -2.37. The van der Waals surface area contributed by atoms with Crippen LogP contribution in [0.4, 0.5) is 4.39 Å². The number of amides is 1. The highest BCUT2D eigenvalue weighted by molar-refractivity contribution is 7.80. The summed E-state index contributed by atoms with van der Waals surface area (Å²) in [6.07, 6.45) is 0. The number of carbonyl (C=O) groups is 1. The number of ether oxygens (including phenoxy) is 2. The Morgan fingerprint density at radius 3 is 2.29 bits per heavy atom. The number of carbonyl (C=O) groups excluding carboxylic acids is 1. The van der Waals surface area contributed by atoms with Gasteiger partial charge in [-0.15, -0.1) is 12.6 Å². The number of hydrogen-bond donors (Lipinski definition) is 1. The Kier molecular flexibility index (Phi) is 8.34. The number of thiol groups is 1. The number of rotatable bonds is 9. The summed E-state index contributed by atoms with van der Waals surface area (Å²) >= 11 is 4.15. The lowest BCUT2D eigenvalue weighted by molar-refractivity contribution is 0.0546. The lowest BCUT2D eigenvalue weighted by atomic mass is 10.2. The van der Waals surface area contributed by atoms with Crippen molar-refractivity contribution in [2.45, 2.75) is 18.7 Å². The first-order valence-corrected chi connectivity index (χ1v) is 7.48.